The van der Waals surface area contributed by atoms with Crippen molar-refractivity contribution in [2.75, 3.05) is 13.1 Å². The van der Waals surface area contributed by atoms with Gasteiger partial charge in [-0.1, -0.05) is 33.6 Å². The summed E-state index contributed by atoms with van der Waals surface area (Å²) < 4.78 is 0. The summed E-state index contributed by atoms with van der Waals surface area (Å²) in [5, 5.41) is 14.2. The van der Waals surface area contributed by atoms with Crippen LogP contribution in [0.4, 0.5) is 0 Å². The van der Waals surface area contributed by atoms with E-state index >= 15 is 0 Å². The molecule has 0 aromatic rings. The van der Waals surface area contributed by atoms with Crippen LogP contribution in [0.15, 0.2) is 0 Å². The standard InChI is InChI=1S/C14H26N2O3/c1-14(2,3)10-6-4-5-7-11(10)15-8-12(17)16-9-13(18)19/h10-11,15H,4-9H2,1-3H3,(H,16,17)(H,18,19). The number of rotatable bonds is 5. The Balaban J connectivity index is 2.41. The van der Waals surface area contributed by atoms with Gasteiger partial charge in [-0.25, -0.2) is 0 Å². The van der Waals surface area contributed by atoms with Crippen molar-refractivity contribution in [1.29, 1.82) is 0 Å². The van der Waals surface area contributed by atoms with E-state index in [1.165, 1.54) is 19.3 Å². The molecule has 0 bridgehead atoms. The fourth-order valence-corrected chi connectivity index (χ4v) is 2.87. The first-order valence-corrected chi connectivity index (χ1v) is 7.02. The highest BCUT2D eigenvalue weighted by Crippen LogP contribution is 2.37. The molecule has 0 saturated heterocycles. The Bertz CT molecular complexity index is 323. The number of nitrogens with one attached hydrogen (secondary N) is 2. The normalized spacial score (nSPS) is 23.9. The van der Waals surface area contributed by atoms with E-state index in [1.807, 2.05) is 0 Å². The van der Waals surface area contributed by atoms with Gasteiger partial charge in [0.15, 0.2) is 0 Å². The lowest BCUT2D eigenvalue weighted by atomic mass is 9.69. The van der Waals surface area contributed by atoms with E-state index in [9.17, 15) is 9.59 Å². The van der Waals surface area contributed by atoms with Crippen molar-refractivity contribution in [2.45, 2.75) is 52.5 Å². The van der Waals surface area contributed by atoms with E-state index in [-0.39, 0.29) is 24.4 Å². The maximum atomic E-state index is 11.5. The average Bonchev–Trinajstić information content (AvgIpc) is 2.33. The van der Waals surface area contributed by atoms with Crippen molar-refractivity contribution in [3.8, 4) is 0 Å². The number of carboxylic acid groups (broad SMARTS) is 1. The third kappa shape index (κ3) is 5.59. The molecule has 1 aliphatic carbocycles. The Labute approximate surface area is 115 Å². The summed E-state index contributed by atoms with van der Waals surface area (Å²) in [6.07, 6.45) is 4.73. The molecule has 0 heterocycles. The van der Waals surface area contributed by atoms with E-state index in [1.54, 1.807) is 0 Å². The van der Waals surface area contributed by atoms with Crippen LogP contribution in [0.1, 0.15) is 46.5 Å². The van der Waals surface area contributed by atoms with Gasteiger partial charge in [0.1, 0.15) is 6.54 Å². The summed E-state index contributed by atoms with van der Waals surface area (Å²) in [6, 6.07) is 0.351. The zero-order valence-corrected chi connectivity index (χ0v) is 12.2. The van der Waals surface area contributed by atoms with Gasteiger partial charge in [0, 0.05) is 6.04 Å². The minimum atomic E-state index is -1.02. The second-order valence-corrected chi connectivity index (χ2v) is 6.41. The molecule has 5 nitrogen and oxygen atoms in total. The fraction of sp³-hybridized carbons (Fsp3) is 0.857. The molecule has 0 spiro atoms. The first kappa shape index (κ1) is 16.0. The van der Waals surface area contributed by atoms with Crippen LogP contribution in [-0.4, -0.2) is 36.1 Å². The van der Waals surface area contributed by atoms with Gasteiger partial charge in [-0.15, -0.1) is 0 Å². The van der Waals surface area contributed by atoms with Crippen molar-refractivity contribution in [3.63, 3.8) is 0 Å². The molecule has 5 heteroatoms. The lowest BCUT2D eigenvalue weighted by molar-refractivity contribution is -0.137. The van der Waals surface area contributed by atoms with Gasteiger partial charge in [-0.05, 0) is 24.2 Å². The summed E-state index contributed by atoms with van der Waals surface area (Å²) in [7, 11) is 0. The van der Waals surface area contributed by atoms with Crippen LogP contribution in [0.3, 0.4) is 0 Å². The largest absolute Gasteiger partial charge is 0.480 e. The van der Waals surface area contributed by atoms with Gasteiger partial charge < -0.3 is 15.7 Å². The molecule has 1 saturated carbocycles. The monoisotopic (exact) mass is 270 g/mol. The molecule has 3 N–H and O–H groups in total. The molecule has 0 aromatic heterocycles. The Morgan fingerprint density at radius 3 is 2.37 bits per heavy atom. The highest BCUT2D eigenvalue weighted by Gasteiger charge is 2.33. The molecule has 0 aromatic carbocycles. The summed E-state index contributed by atoms with van der Waals surface area (Å²) in [5.74, 6) is -0.701. The Morgan fingerprint density at radius 2 is 1.79 bits per heavy atom. The van der Waals surface area contributed by atoms with Crippen LogP contribution in [0.25, 0.3) is 0 Å². The van der Waals surface area contributed by atoms with Gasteiger partial charge in [0.05, 0.1) is 6.54 Å². The summed E-state index contributed by atoms with van der Waals surface area (Å²) in [4.78, 5) is 21.9. The van der Waals surface area contributed by atoms with E-state index in [2.05, 4.69) is 31.4 Å². The SMILES string of the molecule is CC(C)(C)C1CCCCC1NCC(=O)NCC(=O)O. The molecule has 0 aliphatic heterocycles. The smallest absolute Gasteiger partial charge is 0.322 e. The molecule has 1 amide bonds. The maximum absolute atomic E-state index is 11.5. The van der Waals surface area contributed by atoms with Gasteiger partial charge in [-0.2, -0.15) is 0 Å². The summed E-state index contributed by atoms with van der Waals surface area (Å²) in [6.45, 7) is 6.60. The van der Waals surface area contributed by atoms with Crippen molar-refractivity contribution < 1.29 is 14.7 Å². The molecule has 1 fully saturated rings. The Kier molecular flexibility index (Phi) is 5.79. The molecular formula is C14H26N2O3. The zero-order valence-electron chi connectivity index (χ0n) is 12.2. The molecule has 2 atom stereocenters. The third-order valence-electron chi connectivity index (χ3n) is 3.84. The van der Waals surface area contributed by atoms with Crippen LogP contribution in [0, 0.1) is 11.3 Å². The topological polar surface area (TPSA) is 78.4 Å². The lowest BCUT2D eigenvalue weighted by Gasteiger charge is -2.40. The molecule has 1 aliphatic rings. The third-order valence-corrected chi connectivity index (χ3v) is 3.84. The molecule has 110 valence electrons. The highest BCUT2D eigenvalue weighted by molar-refractivity contribution is 5.82. The maximum Gasteiger partial charge on any atom is 0.322 e. The van der Waals surface area contributed by atoms with E-state index < -0.39 is 5.97 Å². The number of carbonyl (C=O) groups is 2. The van der Waals surface area contributed by atoms with Crippen molar-refractivity contribution in [2.24, 2.45) is 11.3 Å². The molecule has 2 unspecified atom stereocenters. The molecule has 0 radical (unpaired) electrons. The number of hydrogen-bond acceptors (Lipinski definition) is 3. The average molecular weight is 270 g/mol. The van der Waals surface area contributed by atoms with Gasteiger partial charge in [0.2, 0.25) is 5.91 Å². The van der Waals surface area contributed by atoms with Crippen molar-refractivity contribution >= 4 is 11.9 Å². The van der Waals surface area contributed by atoms with E-state index in [4.69, 9.17) is 5.11 Å². The van der Waals surface area contributed by atoms with Crippen molar-refractivity contribution in [1.82, 2.24) is 10.6 Å². The van der Waals surface area contributed by atoms with Crippen LogP contribution < -0.4 is 10.6 Å². The van der Waals surface area contributed by atoms with Crippen LogP contribution >= 0.6 is 0 Å². The van der Waals surface area contributed by atoms with Gasteiger partial charge in [0.25, 0.3) is 0 Å². The number of carboxylic acids is 1. The van der Waals surface area contributed by atoms with Gasteiger partial charge in [-0.3, -0.25) is 9.59 Å². The van der Waals surface area contributed by atoms with E-state index in [0.717, 1.165) is 6.42 Å². The highest BCUT2D eigenvalue weighted by atomic mass is 16.4. The minimum absolute atomic E-state index is 0.199. The first-order valence-electron chi connectivity index (χ1n) is 7.02. The predicted molar refractivity (Wildman–Crippen MR) is 73.8 cm³/mol. The van der Waals surface area contributed by atoms with Crippen LogP contribution in [-0.2, 0) is 9.59 Å². The van der Waals surface area contributed by atoms with Crippen LogP contribution in [0.5, 0.6) is 0 Å². The van der Waals surface area contributed by atoms with Gasteiger partial charge >= 0.3 is 5.97 Å². The first-order chi connectivity index (χ1) is 8.80. The second-order valence-electron chi connectivity index (χ2n) is 6.41. The van der Waals surface area contributed by atoms with E-state index in [0.29, 0.717) is 12.0 Å². The number of aliphatic carboxylic acids is 1. The summed E-state index contributed by atoms with van der Waals surface area (Å²) >= 11 is 0. The fourth-order valence-electron chi connectivity index (χ4n) is 2.87. The molecular weight excluding hydrogens is 244 g/mol. The quantitative estimate of drug-likeness (QED) is 0.705. The molecule has 1 rings (SSSR count). The lowest BCUT2D eigenvalue weighted by Crippen LogP contribution is -2.48. The summed E-state index contributed by atoms with van der Waals surface area (Å²) in [5.41, 5.74) is 0.232. The Morgan fingerprint density at radius 1 is 1.16 bits per heavy atom. The minimum Gasteiger partial charge on any atom is -0.480 e. The zero-order chi connectivity index (χ0) is 14.5. The number of amides is 1. The Hall–Kier alpha value is -1.10. The number of hydrogen-bond donors (Lipinski definition) is 3. The number of carbonyl (C=O) groups excluding carboxylic acids is 1. The van der Waals surface area contributed by atoms with Crippen molar-refractivity contribution in [3.05, 3.63) is 0 Å². The molecule has 19 heavy (non-hydrogen) atoms. The predicted octanol–water partition coefficient (Wildman–Crippen LogP) is 1.38. The second kappa shape index (κ2) is 6.89. The van der Waals surface area contributed by atoms with Crippen LogP contribution in [0.2, 0.25) is 0 Å².